The van der Waals surface area contributed by atoms with E-state index in [4.69, 9.17) is 0 Å². The molecule has 0 radical (unpaired) electrons. The molecule has 1 aromatic rings. The van der Waals surface area contributed by atoms with Crippen molar-refractivity contribution in [2.24, 2.45) is 5.92 Å². The van der Waals surface area contributed by atoms with Gasteiger partial charge in [-0.15, -0.1) is 0 Å². The van der Waals surface area contributed by atoms with Gasteiger partial charge in [0.15, 0.2) is 0 Å². The number of benzene rings is 1. The molecule has 0 aromatic heterocycles. The van der Waals surface area contributed by atoms with Gasteiger partial charge in [-0.1, -0.05) is 32.0 Å². The van der Waals surface area contributed by atoms with Crippen LogP contribution in [0.25, 0.3) is 0 Å². The Bertz CT molecular complexity index is 532. The lowest BCUT2D eigenvalue weighted by atomic mass is 9.99. The first-order valence-corrected chi connectivity index (χ1v) is 7.71. The number of para-hydroxylation sites is 1. The van der Waals surface area contributed by atoms with Gasteiger partial charge in [0, 0.05) is 18.8 Å². The number of carbonyl (C=O) groups is 2. The van der Waals surface area contributed by atoms with E-state index < -0.39 is 11.8 Å². The summed E-state index contributed by atoms with van der Waals surface area (Å²) in [6.45, 7) is 7.53. The highest BCUT2D eigenvalue weighted by atomic mass is 16.2. The summed E-state index contributed by atoms with van der Waals surface area (Å²) in [6, 6.07) is 5.90. The minimum absolute atomic E-state index is 0.410. The van der Waals surface area contributed by atoms with Crippen LogP contribution in [0.3, 0.4) is 0 Å². The summed E-state index contributed by atoms with van der Waals surface area (Å²) in [5.41, 5.74) is 2.83. The second-order valence-electron chi connectivity index (χ2n) is 5.89. The van der Waals surface area contributed by atoms with E-state index in [1.165, 1.54) is 0 Å². The zero-order valence-corrected chi connectivity index (χ0v) is 13.1. The predicted molar refractivity (Wildman–Crippen MR) is 84.2 cm³/mol. The van der Waals surface area contributed by atoms with Crippen molar-refractivity contribution in [1.29, 1.82) is 0 Å². The number of likely N-dealkylation sites (tertiary alicyclic amines) is 1. The molecule has 0 unspecified atom stereocenters. The van der Waals surface area contributed by atoms with E-state index in [9.17, 15) is 9.59 Å². The van der Waals surface area contributed by atoms with Crippen LogP contribution in [-0.2, 0) is 16.0 Å². The van der Waals surface area contributed by atoms with Crippen molar-refractivity contribution < 1.29 is 9.59 Å². The van der Waals surface area contributed by atoms with Crippen LogP contribution in [0.15, 0.2) is 18.2 Å². The molecule has 0 aliphatic carbocycles. The molecule has 1 heterocycles. The fourth-order valence-electron chi connectivity index (χ4n) is 2.72. The Hall–Kier alpha value is -1.84. The molecule has 114 valence electrons. The van der Waals surface area contributed by atoms with Crippen molar-refractivity contribution >= 4 is 17.5 Å². The second-order valence-corrected chi connectivity index (χ2v) is 5.89. The molecule has 21 heavy (non-hydrogen) atoms. The van der Waals surface area contributed by atoms with Crippen LogP contribution in [-0.4, -0.2) is 29.8 Å². The van der Waals surface area contributed by atoms with Gasteiger partial charge in [-0.2, -0.15) is 0 Å². The maximum atomic E-state index is 12.2. The lowest BCUT2D eigenvalue weighted by Crippen LogP contribution is -2.44. The Kier molecular flexibility index (Phi) is 4.99. The summed E-state index contributed by atoms with van der Waals surface area (Å²) in [6.07, 6.45) is 2.78. The number of nitrogens with one attached hydrogen (secondary N) is 1. The van der Waals surface area contributed by atoms with Crippen LogP contribution in [0.5, 0.6) is 0 Å². The maximum absolute atomic E-state index is 12.2. The zero-order chi connectivity index (χ0) is 15.4. The average Bonchev–Trinajstić information content (AvgIpc) is 2.49. The van der Waals surface area contributed by atoms with Gasteiger partial charge in [-0.05, 0) is 43.2 Å². The van der Waals surface area contributed by atoms with Gasteiger partial charge < -0.3 is 10.2 Å². The molecule has 1 N–H and O–H groups in total. The topological polar surface area (TPSA) is 49.4 Å². The number of hydrogen-bond donors (Lipinski definition) is 1. The lowest BCUT2D eigenvalue weighted by molar-refractivity contribution is -0.144. The molecular weight excluding hydrogens is 264 g/mol. The molecular formula is C17H24N2O2. The SMILES string of the molecule is CCc1cccc(C)c1NC(=O)C(=O)N1CCC(C)CC1. The normalized spacial score (nSPS) is 15.9. The number of nitrogens with zero attached hydrogens (tertiary/aromatic N) is 1. The fraction of sp³-hybridized carbons (Fsp3) is 0.529. The minimum atomic E-state index is -0.520. The third-order valence-electron chi connectivity index (χ3n) is 4.24. The number of piperidine rings is 1. The van der Waals surface area contributed by atoms with E-state index in [1.54, 1.807) is 4.90 Å². The summed E-state index contributed by atoms with van der Waals surface area (Å²) in [7, 11) is 0. The number of carbonyl (C=O) groups excluding carboxylic acids is 2. The summed E-state index contributed by atoms with van der Waals surface area (Å²) < 4.78 is 0. The molecule has 1 fully saturated rings. The summed E-state index contributed by atoms with van der Waals surface area (Å²) in [4.78, 5) is 26.1. The van der Waals surface area contributed by atoms with Gasteiger partial charge in [0.2, 0.25) is 0 Å². The van der Waals surface area contributed by atoms with Gasteiger partial charge in [0.25, 0.3) is 0 Å². The Labute approximate surface area is 126 Å². The largest absolute Gasteiger partial charge is 0.334 e. The van der Waals surface area contributed by atoms with Gasteiger partial charge in [-0.25, -0.2) is 0 Å². The quantitative estimate of drug-likeness (QED) is 0.851. The van der Waals surface area contributed by atoms with Gasteiger partial charge in [0.05, 0.1) is 0 Å². The first kappa shape index (κ1) is 15.5. The first-order chi connectivity index (χ1) is 10.0. The first-order valence-electron chi connectivity index (χ1n) is 7.71. The molecule has 2 amide bonds. The van der Waals surface area contributed by atoms with E-state index in [0.29, 0.717) is 19.0 Å². The number of aryl methyl sites for hydroxylation is 2. The summed E-state index contributed by atoms with van der Waals surface area (Å²) >= 11 is 0. The molecule has 2 rings (SSSR count). The fourth-order valence-corrected chi connectivity index (χ4v) is 2.72. The van der Waals surface area contributed by atoms with Crippen molar-refractivity contribution in [3.8, 4) is 0 Å². The molecule has 4 nitrogen and oxygen atoms in total. The Morgan fingerprint density at radius 1 is 1.29 bits per heavy atom. The predicted octanol–water partition coefficient (Wildman–Crippen LogP) is 2.75. The van der Waals surface area contributed by atoms with Crippen molar-refractivity contribution in [1.82, 2.24) is 4.90 Å². The van der Waals surface area contributed by atoms with Crippen LogP contribution in [0.4, 0.5) is 5.69 Å². The van der Waals surface area contributed by atoms with Gasteiger partial charge in [0.1, 0.15) is 0 Å². The Morgan fingerprint density at radius 2 is 1.95 bits per heavy atom. The third-order valence-corrected chi connectivity index (χ3v) is 4.24. The van der Waals surface area contributed by atoms with Gasteiger partial charge in [-0.3, -0.25) is 9.59 Å². The van der Waals surface area contributed by atoms with Crippen molar-refractivity contribution in [2.45, 2.75) is 40.0 Å². The van der Waals surface area contributed by atoms with E-state index in [0.717, 1.165) is 36.1 Å². The molecule has 0 bridgehead atoms. The molecule has 1 aliphatic heterocycles. The number of amides is 2. The lowest BCUT2D eigenvalue weighted by Gasteiger charge is -2.29. The molecule has 0 spiro atoms. The maximum Gasteiger partial charge on any atom is 0.313 e. The van der Waals surface area contributed by atoms with Gasteiger partial charge >= 0.3 is 11.8 Å². The molecule has 1 saturated heterocycles. The minimum Gasteiger partial charge on any atom is -0.334 e. The Morgan fingerprint density at radius 3 is 2.57 bits per heavy atom. The molecule has 0 saturated carbocycles. The monoisotopic (exact) mass is 288 g/mol. The highest BCUT2D eigenvalue weighted by Gasteiger charge is 2.26. The number of hydrogen-bond acceptors (Lipinski definition) is 2. The van der Waals surface area contributed by atoms with Crippen LogP contribution in [0.2, 0.25) is 0 Å². The van der Waals surface area contributed by atoms with Crippen LogP contribution in [0, 0.1) is 12.8 Å². The number of anilines is 1. The standard InChI is InChI=1S/C17H24N2O2/c1-4-14-7-5-6-13(3)15(14)18-16(20)17(21)19-10-8-12(2)9-11-19/h5-7,12H,4,8-11H2,1-3H3,(H,18,20). The van der Waals surface area contributed by atoms with Crippen LogP contribution < -0.4 is 5.32 Å². The number of rotatable bonds is 2. The van der Waals surface area contributed by atoms with E-state index in [1.807, 2.05) is 32.0 Å². The van der Waals surface area contributed by atoms with Crippen molar-refractivity contribution in [3.63, 3.8) is 0 Å². The van der Waals surface area contributed by atoms with Crippen molar-refractivity contribution in [3.05, 3.63) is 29.3 Å². The highest BCUT2D eigenvalue weighted by Crippen LogP contribution is 2.22. The van der Waals surface area contributed by atoms with E-state index in [-0.39, 0.29) is 0 Å². The molecule has 1 aromatic carbocycles. The third kappa shape index (κ3) is 3.63. The smallest absolute Gasteiger partial charge is 0.313 e. The van der Waals surface area contributed by atoms with Crippen LogP contribution in [0.1, 0.15) is 37.8 Å². The Balaban J connectivity index is 2.06. The molecule has 4 heteroatoms. The van der Waals surface area contributed by atoms with Crippen LogP contribution >= 0.6 is 0 Å². The highest BCUT2D eigenvalue weighted by molar-refractivity contribution is 6.39. The molecule has 1 aliphatic rings. The summed E-state index contributed by atoms with van der Waals surface area (Å²) in [5.74, 6) is -0.291. The zero-order valence-electron chi connectivity index (χ0n) is 13.1. The van der Waals surface area contributed by atoms with Crippen molar-refractivity contribution in [2.75, 3.05) is 18.4 Å². The van der Waals surface area contributed by atoms with E-state index in [2.05, 4.69) is 12.2 Å². The van der Waals surface area contributed by atoms with E-state index >= 15 is 0 Å². The second kappa shape index (κ2) is 6.74. The average molecular weight is 288 g/mol. The summed E-state index contributed by atoms with van der Waals surface area (Å²) in [5, 5.41) is 2.81. The molecule has 0 atom stereocenters.